The Morgan fingerprint density at radius 3 is 2.29 bits per heavy atom. The van der Waals surface area contributed by atoms with Gasteiger partial charge < -0.3 is 15.1 Å². The highest BCUT2D eigenvalue weighted by molar-refractivity contribution is 4.87. The van der Waals surface area contributed by atoms with Crippen LogP contribution in [-0.4, -0.2) is 62.2 Å². The third kappa shape index (κ3) is 5.22. The third-order valence-electron chi connectivity index (χ3n) is 5.66. The number of nitrogens with zero attached hydrogens (tertiary/aromatic N) is 2. The fourth-order valence-corrected chi connectivity index (χ4v) is 4.46. The number of nitrogens with one attached hydrogen (secondary N) is 1. The summed E-state index contributed by atoms with van der Waals surface area (Å²) in [5, 5.41) is 3.60. The van der Waals surface area contributed by atoms with Crippen molar-refractivity contribution in [2.45, 2.75) is 58.4 Å². The maximum atomic E-state index is 3.60. The van der Waals surface area contributed by atoms with Crippen LogP contribution in [-0.2, 0) is 0 Å². The first-order valence-corrected chi connectivity index (χ1v) is 9.38. The summed E-state index contributed by atoms with van der Waals surface area (Å²) in [6, 6.07) is 0.756. The lowest BCUT2D eigenvalue weighted by Crippen LogP contribution is -2.51. The molecule has 0 radical (unpaired) electrons. The molecule has 3 heteroatoms. The van der Waals surface area contributed by atoms with Gasteiger partial charge in [0, 0.05) is 38.8 Å². The smallest absolute Gasteiger partial charge is 0.0110 e. The molecule has 3 nitrogen and oxygen atoms in total. The van der Waals surface area contributed by atoms with Crippen molar-refractivity contribution < 1.29 is 0 Å². The summed E-state index contributed by atoms with van der Waals surface area (Å²) in [5.41, 5.74) is 0. The van der Waals surface area contributed by atoms with Crippen molar-refractivity contribution in [3.05, 3.63) is 0 Å². The topological polar surface area (TPSA) is 18.5 Å². The Morgan fingerprint density at radius 1 is 0.952 bits per heavy atom. The normalized spacial score (nSPS) is 32.4. The minimum Gasteiger partial charge on any atom is -0.317 e. The van der Waals surface area contributed by atoms with Crippen LogP contribution in [0.15, 0.2) is 0 Å². The summed E-state index contributed by atoms with van der Waals surface area (Å²) < 4.78 is 0. The van der Waals surface area contributed by atoms with Crippen LogP contribution in [0, 0.1) is 11.8 Å². The molecule has 3 unspecified atom stereocenters. The molecule has 2 rings (SSSR count). The Hall–Kier alpha value is -0.120. The molecule has 0 aromatic rings. The summed E-state index contributed by atoms with van der Waals surface area (Å²) >= 11 is 0. The molecule has 1 saturated carbocycles. The van der Waals surface area contributed by atoms with Gasteiger partial charge in [-0.2, -0.15) is 0 Å². The molecule has 1 aliphatic heterocycles. The number of hydrogen-bond donors (Lipinski definition) is 1. The molecule has 3 atom stereocenters. The van der Waals surface area contributed by atoms with Crippen LogP contribution in [0.1, 0.15) is 52.4 Å². The number of hydrogen-bond acceptors (Lipinski definition) is 3. The Kier molecular flexibility index (Phi) is 7.48. The molecule has 1 heterocycles. The fourth-order valence-electron chi connectivity index (χ4n) is 4.46. The van der Waals surface area contributed by atoms with E-state index in [2.05, 4.69) is 36.0 Å². The van der Waals surface area contributed by atoms with Gasteiger partial charge in [0.15, 0.2) is 0 Å². The quantitative estimate of drug-likeness (QED) is 0.779. The highest BCUT2D eigenvalue weighted by Crippen LogP contribution is 2.32. The van der Waals surface area contributed by atoms with Crippen LogP contribution in [0.5, 0.6) is 0 Å². The van der Waals surface area contributed by atoms with Crippen molar-refractivity contribution in [3.8, 4) is 0 Å². The standard InChI is InChI=1S/C18H37N3/c1-4-6-16-7-8-18(19-3)17(14-16)15-21-12-10-20(9-5-2)11-13-21/h16-19H,4-15H2,1-3H3. The van der Waals surface area contributed by atoms with E-state index in [4.69, 9.17) is 0 Å². The molecule has 21 heavy (non-hydrogen) atoms. The summed E-state index contributed by atoms with van der Waals surface area (Å²) in [6.07, 6.45) is 8.38. The van der Waals surface area contributed by atoms with Crippen LogP contribution in [0.2, 0.25) is 0 Å². The SMILES string of the molecule is CCCC1CCC(NC)C(CN2CCN(CCC)CC2)C1. The monoisotopic (exact) mass is 295 g/mol. The first-order valence-electron chi connectivity index (χ1n) is 9.38. The molecule has 0 aromatic carbocycles. The minimum absolute atomic E-state index is 0.756. The van der Waals surface area contributed by atoms with E-state index < -0.39 is 0 Å². The Balaban J connectivity index is 1.79. The van der Waals surface area contributed by atoms with E-state index in [1.165, 1.54) is 77.8 Å². The van der Waals surface area contributed by atoms with Gasteiger partial charge in [0.2, 0.25) is 0 Å². The lowest BCUT2D eigenvalue weighted by Gasteiger charge is -2.41. The van der Waals surface area contributed by atoms with E-state index in [1.807, 2.05) is 0 Å². The molecular weight excluding hydrogens is 258 g/mol. The number of piperazine rings is 1. The van der Waals surface area contributed by atoms with Gasteiger partial charge in [0.25, 0.3) is 0 Å². The molecule has 1 aliphatic carbocycles. The Labute approximate surface area is 132 Å². The van der Waals surface area contributed by atoms with E-state index in [0.717, 1.165) is 17.9 Å². The van der Waals surface area contributed by atoms with E-state index >= 15 is 0 Å². The van der Waals surface area contributed by atoms with Crippen molar-refractivity contribution in [1.82, 2.24) is 15.1 Å². The highest BCUT2D eigenvalue weighted by atomic mass is 15.3. The van der Waals surface area contributed by atoms with Gasteiger partial charge in [-0.1, -0.05) is 26.7 Å². The molecule has 0 spiro atoms. The summed E-state index contributed by atoms with van der Waals surface area (Å²) in [4.78, 5) is 5.36. The highest BCUT2D eigenvalue weighted by Gasteiger charge is 2.31. The molecule has 124 valence electrons. The lowest BCUT2D eigenvalue weighted by molar-refractivity contribution is 0.0890. The molecule has 0 amide bonds. The molecule has 0 bridgehead atoms. The minimum atomic E-state index is 0.756. The predicted octanol–water partition coefficient (Wildman–Crippen LogP) is 2.82. The first-order chi connectivity index (χ1) is 10.3. The van der Waals surface area contributed by atoms with E-state index in [0.29, 0.717) is 0 Å². The second-order valence-corrected chi connectivity index (χ2v) is 7.27. The molecular formula is C18H37N3. The third-order valence-corrected chi connectivity index (χ3v) is 5.66. The van der Waals surface area contributed by atoms with E-state index in [-0.39, 0.29) is 0 Å². The average molecular weight is 296 g/mol. The van der Waals surface area contributed by atoms with Gasteiger partial charge in [0.05, 0.1) is 0 Å². The second-order valence-electron chi connectivity index (χ2n) is 7.27. The van der Waals surface area contributed by atoms with Gasteiger partial charge >= 0.3 is 0 Å². The maximum absolute atomic E-state index is 3.60. The van der Waals surface area contributed by atoms with Gasteiger partial charge in [-0.15, -0.1) is 0 Å². The van der Waals surface area contributed by atoms with Gasteiger partial charge in [0.1, 0.15) is 0 Å². The molecule has 1 saturated heterocycles. The van der Waals surface area contributed by atoms with E-state index in [1.54, 1.807) is 0 Å². The van der Waals surface area contributed by atoms with Crippen molar-refractivity contribution in [2.75, 3.05) is 46.3 Å². The molecule has 0 aromatic heterocycles. The maximum Gasteiger partial charge on any atom is 0.0110 e. The zero-order chi connectivity index (χ0) is 15.1. The van der Waals surface area contributed by atoms with Crippen molar-refractivity contribution in [2.24, 2.45) is 11.8 Å². The van der Waals surface area contributed by atoms with Crippen LogP contribution >= 0.6 is 0 Å². The van der Waals surface area contributed by atoms with Crippen molar-refractivity contribution >= 4 is 0 Å². The van der Waals surface area contributed by atoms with Gasteiger partial charge in [-0.25, -0.2) is 0 Å². The van der Waals surface area contributed by atoms with Crippen molar-refractivity contribution in [1.29, 1.82) is 0 Å². The van der Waals surface area contributed by atoms with Gasteiger partial charge in [-0.3, -0.25) is 0 Å². The van der Waals surface area contributed by atoms with E-state index in [9.17, 15) is 0 Å². The zero-order valence-electron chi connectivity index (χ0n) is 14.6. The Morgan fingerprint density at radius 2 is 1.67 bits per heavy atom. The summed E-state index contributed by atoms with van der Waals surface area (Å²) in [5.74, 6) is 1.86. The fraction of sp³-hybridized carbons (Fsp3) is 1.00. The summed E-state index contributed by atoms with van der Waals surface area (Å²) in [6.45, 7) is 12.4. The molecule has 1 N–H and O–H groups in total. The zero-order valence-corrected chi connectivity index (χ0v) is 14.6. The van der Waals surface area contributed by atoms with Crippen molar-refractivity contribution in [3.63, 3.8) is 0 Å². The molecule has 2 fully saturated rings. The lowest BCUT2D eigenvalue weighted by atomic mass is 9.76. The first kappa shape index (κ1) is 17.2. The van der Waals surface area contributed by atoms with Crippen LogP contribution in [0.4, 0.5) is 0 Å². The molecule has 2 aliphatic rings. The van der Waals surface area contributed by atoms with Gasteiger partial charge in [-0.05, 0) is 51.1 Å². The average Bonchev–Trinajstić information content (AvgIpc) is 2.50. The Bertz CT molecular complexity index is 274. The summed E-state index contributed by atoms with van der Waals surface area (Å²) in [7, 11) is 2.16. The number of rotatable bonds is 7. The van der Waals surface area contributed by atoms with Crippen LogP contribution in [0.3, 0.4) is 0 Å². The predicted molar refractivity (Wildman–Crippen MR) is 91.8 cm³/mol. The second kappa shape index (κ2) is 9.12. The largest absolute Gasteiger partial charge is 0.317 e. The van der Waals surface area contributed by atoms with Crippen LogP contribution in [0.25, 0.3) is 0 Å². The van der Waals surface area contributed by atoms with Crippen LogP contribution < -0.4 is 5.32 Å².